The highest BCUT2D eigenvalue weighted by Gasteiger charge is 2.16. The molecule has 4 rings (SSSR count). The van der Waals surface area contributed by atoms with Crippen molar-refractivity contribution in [2.75, 3.05) is 0 Å². The molecule has 6 heteroatoms. The zero-order valence-corrected chi connectivity index (χ0v) is 16.9. The fourth-order valence-corrected chi connectivity index (χ4v) is 4.45. The summed E-state index contributed by atoms with van der Waals surface area (Å²) in [5.74, 6) is 0.485. The summed E-state index contributed by atoms with van der Waals surface area (Å²) in [5.41, 5.74) is 10.2. The number of hydrogen-bond acceptors (Lipinski definition) is 4. The van der Waals surface area contributed by atoms with E-state index in [-0.39, 0.29) is 0 Å². The number of aryl methyl sites for hydroxylation is 1. The largest absolute Gasteiger partial charge is 0.383 e. The quantitative estimate of drug-likeness (QED) is 0.307. The van der Waals surface area contributed by atoms with Crippen molar-refractivity contribution in [1.29, 1.82) is 0 Å². The zero-order chi connectivity index (χ0) is 18.8. The Hall–Kier alpha value is -2.47. The van der Waals surface area contributed by atoms with Gasteiger partial charge in [-0.3, -0.25) is 0 Å². The van der Waals surface area contributed by atoms with Gasteiger partial charge in [-0.2, -0.15) is 0 Å². The van der Waals surface area contributed by atoms with Crippen molar-refractivity contribution < 1.29 is 0 Å². The third kappa shape index (κ3) is 3.95. The molecule has 0 atom stereocenters. The van der Waals surface area contributed by atoms with Crippen molar-refractivity contribution in [3.8, 4) is 21.1 Å². The van der Waals surface area contributed by atoms with Crippen LogP contribution in [0.15, 0.2) is 71.0 Å². The Bertz CT molecular complexity index is 1080. The zero-order valence-electron chi connectivity index (χ0n) is 14.5. The van der Waals surface area contributed by atoms with Gasteiger partial charge in [-0.05, 0) is 30.5 Å². The van der Waals surface area contributed by atoms with Gasteiger partial charge in [0.15, 0.2) is 0 Å². The summed E-state index contributed by atoms with van der Waals surface area (Å²) >= 11 is 9.18. The van der Waals surface area contributed by atoms with E-state index in [0.717, 1.165) is 31.7 Å². The number of rotatable bonds is 4. The molecule has 3 nitrogen and oxygen atoms in total. The van der Waals surface area contributed by atoms with Gasteiger partial charge in [0.2, 0.25) is 0 Å². The minimum atomic E-state index is 0.485. The molecular weight excluding hydrogens is 394 g/mol. The van der Waals surface area contributed by atoms with E-state index in [2.05, 4.69) is 0 Å². The molecule has 2 aromatic heterocycles. The van der Waals surface area contributed by atoms with Gasteiger partial charge in [-0.15, -0.1) is 11.3 Å². The number of nitrogens with two attached hydrogens (primary N) is 1. The van der Waals surface area contributed by atoms with Crippen LogP contribution in [0, 0.1) is 6.92 Å². The van der Waals surface area contributed by atoms with Crippen molar-refractivity contribution in [1.82, 2.24) is 4.98 Å². The molecule has 0 aliphatic carbocycles. The first-order chi connectivity index (χ1) is 13.1. The van der Waals surface area contributed by atoms with Gasteiger partial charge in [0.05, 0.1) is 4.88 Å². The summed E-state index contributed by atoms with van der Waals surface area (Å²) in [6.45, 7) is 2.05. The van der Waals surface area contributed by atoms with Crippen LogP contribution >= 0.6 is 34.3 Å². The normalized spacial score (nSPS) is 11.7. The maximum absolute atomic E-state index is 6.28. The summed E-state index contributed by atoms with van der Waals surface area (Å²) < 4.78 is 0. The highest BCUT2D eigenvalue weighted by atomic mass is 35.5. The fraction of sp³-hybridized carbons (Fsp3) is 0.0476. The molecule has 0 spiro atoms. The second kappa shape index (κ2) is 7.64. The van der Waals surface area contributed by atoms with Crippen LogP contribution in [0.4, 0.5) is 5.00 Å². The highest BCUT2D eigenvalue weighted by molar-refractivity contribution is 7.20. The summed E-state index contributed by atoms with van der Waals surface area (Å²) in [5, 5.41) is 4.44. The Morgan fingerprint density at radius 1 is 1.04 bits per heavy atom. The molecule has 0 radical (unpaired) electrons. The number of thiazole rings is 1. The first-order valence-corrected chi connectivity index (χ1v) is 10.4. The lowest BCUT2D eigenvalue weighted by molar-refractivity contribution is 1.39. The number of hydrogen-bond donors (Lipinski definition) is 1. The standard InChI is InChI=1S/C21H16ClN3S2/c1-13-4-6-14(7-5-13)19(23)25-21-18(17-3-2-12-26-17)24-20(27-21)15-8-10-16(22)11-9-15/h2-12H,1H3,(H2,23,25). The molecule has 0 amide bonds. The molecular formula is C21H16ClN3S2. The maximum Gasteiger partial charge on any atom is 0.147 e. The molecule has 0 unspecified atom stereocenters. The number of aliphatic imine (C=N–C) groups is 1. The summed E-state index contributed by atoms with van der Waals surface area (Å²) in [6.07, 6.45) is 0. The molecule has 2 N–H and O–H groups in total. The van der Waals surface area contributed by atoms with Crippen LogP contribution in [-0.4, -0.2) is 10.8 Å². The van der Waals surface area contributed by atoms with Crippen molar-refractivity contribution >= 4 is 45.1 Å². The monoisotopic (exact) mass is 409 g/mol. The molecule has 0 aliphatic rings. The Morgan fingerprint density at radius 3 is 2.44 bits per heavy atom. The minimum Gasteiger partial charge on any atom is -0.383 e. The highest BCUT2D eigenvalue weighted by Crippen LogP contribution is 2.41. The van der Waals surface area contributed by atoms with E-state index in [0.29, 0.717) is 10.9 Å². The Labute approximate surface area is 170 Å². The number of amidine groups is 1. The third-order valence-electron chi connectivity index (χ3n) is 4.02. The molecule has 0 fully saturated rings. The predicted octanol–water partition coefficient (Wildman–Crippen LogP) is 6.54. The molecule has 0 saturated carbocycles. The second-order valence-corrected chi connectivity index (χ2v) is 8.38. The van der Waals surface area contributed by atoms with Crippen LogP contribution in [0.1, 0.15) is 11.1 Å². The molecule has 2 aromatic carbocycles. The van der Waals surface area contributed by atoms with Crippen molar-refractivity contribution in [3.63, 3.8) is 0 Å². The molecule has 0 bridgehead atoms. The van der Waals surface area contributed by atoms with E-state index in [1.807, 2.05) is 73.0 Å². The van der Waals surface area contributed by atoms with E-state index >= 15 is 0 Å². The SMILES string of the molecule is Cc1ccc(/C(N)=N/c2sc(-c3ccc(Cl)cc3)nc2-c2cccs2)cc1. The van der Waals surface area contributed by atoms with Gasteiger partial charge in [0, 0.05) is 16.1 Å². The molecule has 134 valence electrons. The van der Waals surface area contributed by atoms with Gasteiger partial charge in [-0.1, -0.05) is 71.0 Å². The van der Waals surface area contributed by atoms with Crippen LogP contribution in [0.25, 0.3) is 21.1 Å². The maximum atomic E-state index is 6.28. The molecule has 2 heterocycles. The average molecular weight is 410 g/mol. The predicted molar refractivity (Wildman–Crippen MR) is 117 cm³/mol. The molecule has 27 heavy (non-hydrogen) atoms. The van der Waals surface area contributed by atoms with Crippen LogP contribution in [0.2, 0.25) is 5.02 Å². The fourth-order valence-electron chi connectivity index (χ4n) is 2.58. The lowest BCUT2D eigenvalue weighted by atomic mass is 10.1. The van der Waals surface area contributed by atoms with Crippen molar-refractivity contribution in [2.24, 2.45) is 10.7 Å². The van der Waals surface area contributed by atoms with E-state index in [4.69, 9.17) is 27.3 Å². The second-order valence-electron chi connectivity index (χ2n) is 6.02. The molecule has 4 aromatic rings. The van der Waals surface area contributed by atoms with Gasteiger partial charge >= 0.3 is 0 Å². The van der Waals surface area contributed by atoms with E-state index in [1.165, 1.54) is 16.9 Å². The molecule has 0 saturated heterocycles. The number of halogens is 1. The Morgan fingerprint density at radius 2 is 1.78 bits per heavy atom. The lowest BCUT2D eigenvalue weighted by Gasteiger charge is -2.01. The smallest absolute Gasteiger partial charge is 0.147 e. The number of nitrogens with zero attached hydrogens (tertiary/aromatic N) is 2. The van der Waals surface area contributed by atoms with E-state index in [9.17, 15) is 0 Å². The molecule has 0 aliphatic heterocycles. The topological polar surface area (TPSA) is 51.3 Å². The third-order valence-corrected chi connectivity index (χ3v) is 6.15. The first kappa shape index (κ1) is 17.9. The van der Waals surface area contributed by atoms with Crippen LogP contribution in [-0.2, 0) is 0 Å². The number of thiophene rings is 1. The van der Waals surface area contributed by atoms with Crippen LogP contribution < -0.4 is 5.73 Å². The number of aromatic nitrogens is 1. The minimum absolute atomic E-state index is 0.485. The Kier molecular flexibility index (Phi) is 5.07. The van der Waals surface area contributed by atoms with Gasteiger partial charge in [-0.25, -0.2) is 9.98 Å². The van der Waals surface area contributed by atoms with Crippen LogP contribution in [0.3, 0.4) is 0 Å². The average Bonchev–Trinajstić information content (AvgIpc) is 3.32. The van der Waals surface area contributed by atoms with Crippen molar-refractivity contribution in [2.45, 2.75) is 6.92 Å². The lowest BCUT2D eigenvalue weighted by Crippen LogP contribution is -2.12. The Balaban J connectivity index is 1.79. The summed E-state index contributed by atoms with van der Waals surface area (Å²) in [7, 11) is 0. The van der Waals surface area contributed by atoms with Crippen LogP contribution in [0.5, 0.6) is 0 Å². The van der Waals surface area contributed by atoms with E-state index in [1.54, 1.807) is 11.3 Å². The number of benzene rings is 2. The van der Waals surface area contributed by atoms with E-state index < -0.39 is 0 Å². The van der Waals surface area contributed by atoms with Gasteiger partial charge in [0.1, 0.15) is 21.5 Å². The summed E-state index contributed by atoms with van der Waals surface area (Å²) in [6, 6.07) is 19.8. The van der Waals surface area contributed by atoms with Gasteiger partial charge < -0.3 is 5.73 Å². The van der Waals surface area contributed by atoms with Crippen molar-refractivity contribution in [3.05, 3.63) is 82.2 Å². The first-order valence-electron chi connectivity index (χ1n) is 8.32. The summed E-state index contributed by atoms with van der Waals surface area (Å²) in [4.78, 5) is 10.6. The van der Waals surface area contributed by atoms with Gasteiger partial charge in [0.25, 0.3) is 0 Å².